The van der Waals surface area contributed by atoms with Crippen LogP contribution in [-0.4, -0.2) is 19.7 Å². The Kier molecular flexibility index (Phi) is 2.55. The molecule has 2 N–H and O–H groups in total. The number of rotatable bonds is 1. The van der Waals surface area contributed by atoms with Crippen LogP contribution in [0.25, 0.3) is 5.82 Å². The van der Waals surface area contributed by atoms with E-state index in [1.54, 1.807) is 17.1 Å². The Labute approximate surface area is 98.4 Å². The first-order chi connectivity index (χ1) is 6.66. The summed E-state index contributed by atoms with van der Waals surface area (Å²) in [6, 6.07) is 0. The van der Waals surface area contributed by atoms with E-state index in [-0.39, 0.29) is 5.28 Å². The first-order valence-electron chi connectivity index (χ1n) is 3.65. The molecule has 0 atom stereocenters. The molecule has 2 aromatic heterocycles. The van der Waals surface area contributed by atoms with E-state index in [0.717, 1.165) is 3.57 Å². The molecular weight excluding hydrogens is 316 g/mol. The minimum atomic E-state index is 0.153. The van der Waals surface area contributed by atoms with Crippen LogP contribution < -0.4 is 5.73 Å². The highest BCUT2D eigenvalue weighted by Gasteiger charge is 2.06. The maximum absolute atomic E-state index is 5.68. The van der Waals surface area contributed by atoms with Crippen LogP contribution in [0.5, 0.6) is 0 Å². The van der Waals surface area contributed by atoms with Gasteiger partial charge in [0.15, 0.2) is 5.82 Å². The van der Waals surface area contributed by atoms with Crippen molar-refractivity contribution in [1.29, 1.82) is 0 Å². The third kappa shape index (κ3) is 1.80. The second-order valence-electron chi connectivity index (χ2n) is 2.52. The van der Waals surface area contributed by atoms with Gasteiger partial charge in [0, 0.05) is 6.20 Å². The zero-order valence-corrected chi connectivity index (χ0v) is 9.77. The van der Waals surface area contributed by atoms with E-state index in [1.165, 1.54) is 6.20 Å². The van der Waals surface area contributed by atoms with Gasteiger partial charge < -0.3 is 5.73 Å². The molecule has 2 heterocycles. The molecular formula is C7H5ClIN5. The summed E-state index contributed by atoms with van der Waals surface area (Å²) in [5, 5.41) is 4.22. The summed E-state index contributed by atoms with van der Waals surface area (Å²) >= 11 is 7.80. The zero-order chi connectivity index (χ0) is 10.1. The SMILES string of the molecule is Nc1cnc(Cl)nc1-n1cc(I)cn1. The lowest BCUT2D eigenvalue weighted by atomic mass is 10.5. The lowest BCUT2D eigenvalue weighted by Crippen LogP contribution is -2.04. The highest BCUT2D eigenvalue weighted by molar-refractivity contribution is 14.1. The van der Waals surface area contributed by atoms with Crippen LogP contribution in [0.15, 0.2) is 18.6 Å². The average molecular weight is 322 g/mol. The van der Waals surface area contributed by atoms with E-state index in [0.29, 0.717) is 11.5 Å². The minimum absolute atomic E-state index is 0.153. The van der Waals surface area contributed by atoms with Crippen molar-refractivity contribution in [3.05, 3.63) is 27.4 Å². The fourth-order valence-electron chi connectivity index (χ4n) is 0.962. The highest BCUT2D eigenvalue weighted by Crippen LogP contribution is 2.15. The number of hydrogen-bond donors (Lipinski definition) is 1. The molecule has 14 heavy (non-hydrogen) atoms. The molecule has 5 nitrogen and oxygen atoms in total. The summed E-state index contributed by atoms with van der Waals surface area (Å²) < 4.78 is 2.56. The van der Waals surface area contributed by atoms with E-state index in [1.807, 2.05) is 0 Å². The molecule has 72 valence electrons. The van der Waals surface area contributed by atoms with Crippen LogP contribution in [0, 0.1) is 3.57 Å². The van der Waals surface area contributed by atoms with E-state index in [9.17, 15) is 0 Å². The smallest absolute Gasteiger partial charge is 0.224 e. The number of anilines is 1. The molecule has 0 bridgehead atoms. The van der Waals surface area contributed by atoms with Crippen molar-refractivity contribution >= 4 is 39.9 Å². The third-order valence-electron chi connectivity index (χ3n) is 1.53. The van der Waals surface area contributed by atoms with E-state index >= 15 is 0 Å². The van der Waals surface area contributed by atoms with Crippen LogP contribution in [0.2, 0.25) is 5.28 Å². The quantitative estimate of drug-likeness (QED) is 0.638. The predicted molar refractivity (Wildman–Crippen MR) is 61.3 cm³/mol. The minimum Gasteiger partial charge on any atom is -0.394 e. The molecule has 0 radical (unpaired) electrons. The summed E-state index contributed by atoms with van der Waals surface area (Å²) in [5.41, 5.74) is 6.12. The lowest BCUT2D eigenvalue weighted by molar-refractivity contribution is 0.843. The Morgan fingerprint density at radius 2 is 2.21 bits per heavy atom. The Morgan fingerprint density at radius 1 is 1.43 bits per heavy atom. The van der Waals surface area contributed by atoms with Gasteiger partial charge in [0.2, 0.25) is 5.28 Å². The first kappa shape index (κ1) is 9.66. The third-order valence-corrected chi connectivity index (χ3v) is 2.27. The molecule has 0 unspecified atom stereocenters. The van der Waals surface area contributed by atoms with Crippen LogP contribution in [0.4, 0.5) is 5.69 Å². The number of nitrogen functional groups attached to an aromatic ring is 1. The topological polar surface area (TPSA) is 69.6 Å². The fraction of sp³-hybridized carbons (Fsp3) is 0. The Balaban J connectivity index is 2.55. The average Bonchev–Trinajstić information content (AvgIpc) is 2.56. The molecule has 0 aliphatic heterocycles. The van der Waals surface area contributed by atoms with Crippen molar-refractivity contribution in [2.75, 3.05) is 5.73 Å². The van der Waals surface area contributed by atoms with Crippen LogP contribution in [0.1, 0.15) is 0 Å². The fourth-order valence-corrected chi connectivity index (χ4v) is 1.48. The first-order valence-corrected chi connectivity index (χ1v) is 5.11. The molecule has 0 fully saturated rings. The maximum atomic E-state index is 5.68. The number of aromatic nitrogens is 4. The van der Waals surface area contributed by atoms with Crippen molar-refractivity contribution in [2.45, 2.75) is 0 Å². The molecule has 0 aliphatic carbocycles. The van der Waals surface area contributed by atoms with Crippen LogP contribution in [0.3, 0.4) is 0 Å². The van der Waals surface area contributed by atoms with E-state index in [4.69, 9.17) is 17.3 Å². The second kappa shape index (κ2) is 3.70. The van der Waals surface area contributed by atoms with Gasteiger partial charge in [-0.05, 0) is 34.2 Å². The molecule has 0 saturated carbocycles. The Hall–Kier alpha value is -0.890. The molecule has 0 spiro atoms. The van der Waals surface area contributed by atoms with Crippen molar-refractivity contribution in [1.82, 2.24) is 19.7 Å². The summed E-state index contributed by atoms with van der Waals surface area (Å²) in [4.78, 5) is 7.74. The van der Waals surface area contributed by atoms with Crippen molar-refractivity contribution in [3.8, 4) is 5.82 Å². The highest BCUT2D eigenvalue weighted by atomic mass is 127. The van der Waals surface area contributed by atoms with Crippen LogP contribution in [-0.2, 0) is 0 Å². The molecule has 0 aromatic carbocycles. The van der Waals surface area contributed by atoms with Gasteiger partial charge in [-0.1, -0.05) is 0 Å². The van der Waals surface area contributed by atoms with Crippen molar-refractivity contribution in [2.24, 2.45) is 0 Å². The van der Waals surface area contributed by atoms with Crippen molar-refractivity contribution in [3.63, 3.8) is 0 Å². The van der Waals surface area contributed by atoms with Crippen LogP contribution >= 0.6 is 34.2 Å². The van der Waals surface area contributed by atoms with Gasteiger partial charge in [-0.3, -0.25) is 0 Å². The summed E-state index contributed by atoms with van der Waals surface area (Å²) in [6.07, 6.45) is 4.96. The monoisotopic (exact) mass is 321 g/mol. The molecule has 7 heteroatoms. The zero-order valence-electron chi connectivity index (χ0n) is 6.85. The van der Waals surface area contributed by atoms with Gasteiger partial charge >= 0.3 is 0 Å². The van der Waals surface area contributed by atoms with E-state index < -0.39 is 0 Å². The summed E-state index contributed by atoms with van der Waals surface area (Å²) in [6.45, 7) is 0. The molecule has 0 aliphatic rings. The largest absolute Gasteiger partial charge is 0.394 e. The Bertz CT molecular complexity index is 469. The molecule has 2 rings (SSSR count). The van der Waals surface area contributed by atoms with Gasteiger partial charge in [0.25, 0.3) is 0 Å². The number of hydrogen-bond acceptors (Lipinski definition) is 4. The normalized spacial score (nSPS) is 10.4. The van der Waals surface area contributed by atoms with Crippen molar-refractivity contribution < 1.29 is 0 Å². The lowest BCUT2D eigenvalue weighted by Gasteiger charge is -2.02. The second-order valence-corrected chi connectivity index (χ2v) is 4.10. The summed E-state index contributed by atoms with van der Waals surface area (Å²) in [5.74, 6) is 0.493. The summed E-state index contributed by atoms with van der Waals surface area (Å²) in [7, 11) is 0. The molecule has 0 amide bonds. The maximum Gasteiger partial charge on any atom is 0.224 e. The molecule has 0 saturated heterocycles. The van der Waals surface area contributed by atoms with E-state index in [2.05, 4.69) is 37.7 Å². The van der Waals surface area contributed by atoms with Gasteiger partial charge in [0.05, 0.1) is 21.7 Å². The standard InChI is InChI=1S/C7H5ClIN5/c8-7-11-2-5(10)6(13-7)14-3-4(9)1-12-14/h1-3H,10H2. The molecule has 2 aromatic rings. The number of halogens is 2. The Morgan fingerprint density at radius 3 is 2.86 bits per heavy atom. The van der Waals surface area contributed by atoms with Gasteiger partial charge in [-0.25, -0.2) is 9.67 Å². The number of nitrogens with two attached hydrogens (primary N) is 1. The van der Waals surface area contributed by atoms with Gasteiger partial charge in [-0.2, -0.15) is 10.1 Å². The van der Waals surface area contributed by atoms with Gasteiger partial charge in [0.1, 0.15) is 0 Å². The van der Waals surface area contributed by atoms with Gasteiger partial charge in [-0.15, -0.1) is 0 Å². The predicted octanol–water partition coefficient (Wildman–Crippen LogP) is 1.50. The number of nitrogens with zero attached hydrogens (tertiary/aromatic N) is 4.